The molecular formula is C20H30N4O3. The second-order valence-electron chi connectivity index (χ2n) is 7.64. The molecule has 2 aromatic heterocycles. The fourth-order valence-corrected chi connectivity index (χ4v) is 4.11. The quantitative estimate of drug-likeness (QED) is 0.587. The number of piperidine rings is 1. The SMILES string of the molecule is CCOC(=O)c1c(C)oc2ncnc(NCCCN3CC(C)CC(C)C3)c12. The topological polar surface area (TPSA) is 80.5 Å². The van der Waals surface area contributed by atoms with Crippen molar-refractivity contribution in [2.45, 2.75) is 40.5 Å². The molecule has 0 aliphatic carbocycles. The lowest BCUT2D eigenvalue weighted by Gasteiger charge is -2.34. The highest BCUT2D eigenvalue weighted by Crippen LogP contribution is 2.29. The number of nitrogens with one attached hydrogen (secondary N) is 1. The molecule has 0 aromatic carbocycles. The maximum Gasteiger partial charge on any atom is 0.342 e. The van der Waals surface area contributed by atoms with E-state index in [0.29, 0.717) is 34.8 Å². The largest absolute Gasteiger partial charge is 0.462 e. The Balaban J connectivity index is 1.65. The number of carbonyl (C=O) groups is 1. The molecule has 7 nitrogen and oxygen atoms in total. The van der Waals surface area contributed by atoms with Gasteiger partial charge in [-0.15, -0.1) is 0 Å². The van der Waals surface area contributed by atoms with Gasteiger partial charge < -0.3 is 19.4 Å². The van der Waals surface area contributed by atoms with E-state index in [1.165, 1.54) is 25.8 Å². The van der Waals surface area contributed by atoms with Crippen molar-refractivity contribution in [3.05, 3.63) is 17.7 Å². The van der Waals surface area contributed by atoms with Crippen LogP contribution in [-0.4, -0.2) is 53.6 Å². The van der Waals surface area contributed by atoms with Gasteiger partial charge in [0.05, 0.1) is 12.0 Å². The van der Waals surface area contributed by atoms with Crippen LogP contribution >= 0.6 is 0 Å². The lowest BCUT2D eigenvalue weighted by molar-refractivity contribution is 0.0526. The van der Waals surface area contributed by atoms with Gasteiger partial charge in [-0.05, 0) is 45.1 Å². The number of likely N-dealkylation sites (tertiary alicyclic amines) is 1. The van der Waals surface area contributed by atoms with E-state index in [1.54, 1.807) is 13.8 Å². The summed E-state index contributed by atoms with van der Waals surface area (Å²) in [4.78, 5) is 23.3. The minimum atomic E-state index is -0.400. The van der Waals surface area contributed by atoms with Gasteiger partial charge in [0, 0.05) is 19.6 Å². The zero-order valence-electron chi connectivity index (χ0n) is 16.7. The van der Waals surface area contributed by atoms with Crippen molar-refractivity contribution < 1.29 is 13.9 Å². The van der Waals surface area contributed by atoms with Crippen molar-refractivity contribution >= 4 is 22.9 Å². The van der Waals surface area contributed by atoms with Crippen LogP contribution in [0, 0.1) is 18.8 Å². The molecule has 7 heteroatoms. The summed E-state index contributed by atoms with van der Waals surface area (Å²) in [5.74, 6) is 2.26. The highest BCUT2D eigenvalue weighted by atomic mass is 16.5. The summed E-state index contributed by atoms with van der Waals surface area (Å²) in [5.41, 5.74) is 0.820. The molecule has 0 spiro atoms. The van der Waals surface area contributed by atoms with Crippen LogP contribution in [0.3, 0.4) is 0 Å². The average Bonchev–Trinajstić information content (AvgIpc) is 2.94. The van der Waals surface area contributed by atoms with E-state index in [9.17, 15) is 4.79 Å². The Bertz CT molecular complexity index is 779. The molecule has 1 fully saturated rings. The van der Waals surface area contributed by atoms with Gasteiger partial charge in [0.15, 0.2) is 0 Å². The second-order valence-corrected chi connectivity index (χ2v) is 7.64. The normalized spacial score (nSPS) is 20.7. The molecule has 0 saturated carbocycles. The van der Waals surface area contributed by atoms with Crippen molar-refractivity contribution in [2.24, 2.45) is 11.8 Å². The smallest absolute Gasteiger partial charge is 0.342 e. The number of aromatic nitrogens is 2. The second kappa shape index (κ2) is 8.69. The summed E-state index contributed by atoms with van der Waals surface area (Å²) in [6.07, 6.45) is 3.79. The molecule has 2 aromatic rings. The number of anilines is 1. The molecule has 3 rings (SSSR count). The number of hydrogen-bond donors (Lipinski definition) is 1. The van der Waals surface area contributed by atoms with Crippen LogP contribution < -0.4 is 5.32 Å². The third-order valence-electron chi connectivity index (χ3n) is 5.03. The summed E-state index contributed by atoms with van der Waals surface area (Å²) in [6, 6.07) is 0. The van der Waals surface area contributed by atoms with E-state index in [-0.39, 0.29) is 0 Å². The first-order valence-corrected chi connectivity index (χ1v) is 9.87. The van der Waals surface area contributed by atoms with Gasteiger partial charge in [0.2, 0.25) is 5.71 Å². The Labute approximate surface area is 160 Å². The van der Waals surface area contributed by atoms with Crippen LogP contribution in [-0.2, 0) is 4.74 Å². The number of esters is 1. The van der Waals surface area contributed by atoms with Crippen molar-refractivity contribution in [3.63, 3.8) is 0 Å². The molecule has 0 bridgehead atoms. The summed E-state index contributed by atoms with van der Waals surface area (Å²) in [5, 5.41) is 3.96. The van der Waals surface area contributed by atoms with Crippen molar-refractivity contribution in [1.29, 1.82) is 0 Å². The fourth-order valence-electron chi connectivity index (χ4n) is 4.11. The standard InChI is InChI=1S/C20H30N4O3/c1-5-26-20(25)16-15(4)27-19-17(16)18(22-12-23-19)21-7-6-8-24-10-13(2)9-14(3)11-24/h12-14H,5-11H2,1-4H3,(H,21,22,23). The maximum absolute atomic E-state index is 12.3. The monoisotopic (exact) mass is 374 g/mol. The number of rotatable bonds is 7. The van der Waals surface area contributed by atoms with E-state index in [0.717, 1.165) is 31.3 Å². The van der Waals surface area contributed by atoms with Crippen molar-refractivity contribution in [1.82, 2.24) is 14.9 Å². The summed E-state index contributed by atoms with van der Waals surface area (Å²) in [7, 11) is 0. The number of nitrogens with zero attached hydrogens (tertiary/aromatic N) is 3. The number of ether oxygens (including phenoxy) is 1. The Kier molecular flexibility index (Phi) is 6.31. The number of aryl methyl sites for hydroxylation is 1. The molecule has 0 radical (unpaired) electrons. The minimum Gasteiger partial charge on any atom is -0.462 e. The van der Waals surface area contributed by atoms with E-state index in [2.05, 4.69) is 34.0 Å². The molecular weight excluding hydrogens is 344 g/mol. The van der Waals surface area contributed by atoms with E-state index in [1.807, 2.05) is 0 Å². The Morgan fingerprint density at radius 1 is 1.33 bits per heavy atom. The third-order valence-corrected chi connectivity index (χ3v) is 5.03. The van der Waals surface area contributed by atoms with Gasteiger partial charge in [-0.25, -0.2) is 14.8 Å². The van der Waals surface area contributed by atoms with Gasteiger partial charge in [-0.2, -0.15) is 0 Å². The fraction of sp³-hybridized carbons (Fsp3) is 0.650. The molecule has 1 saturated heterocycles. The van der Waals surface area contributed by atoms with Gasteiger partial charge in [-0.3, -0.25) is 0 Å². The van der Waals surface area contributed by atoms with Crippen molar-refractivity contribution in [3.8, 4) is 0 Å². The molecule has 1 N–H and O–H groups in total. The predicted octanol–water partition coefficient (Wildman–Crippen LogP) is 3.49. The van der Waals surface area contributed by atoms with Gasteiger partial charge in [0.25, 0.3) is 0 Å². The van der Waals surface area contributed by atoms with E-state index in [4.69, 9.17) is 9.15 Å². The summed E-state index contributed by atoms with van der Waals surface area (Å²) in [6.45, 7) is 12.7. The predicted molar refractivity (Wildman–Crippen MR) is 105 cm³/mol. The van der Waals surface area contributed by atoms with Crippen LogP contribution in [0.25, 0.3) is 11.1 Å². The zero-order chi connectivity index (χ0) is 19.4. The lowest BCUT2D eigenvalue weighted by atomic mass is 9.92. The number of furan rings is 1. The van der Waals surface area contributed by atoms with E-state index < -0.39 is 5.97 Å². The third kappa shape index (κ3) is 4.58. The average molecular weight is 374 g/mol. The van der Waals surface area contributed by atoms with E-state index >= 15 is 0 Å². The van der Waals surface area contributed by atoms with Crippen LogP contribution in [0.2, 0.25) is 0 Å². The molecule has 2 atom stereocenters. The Morgan fingerprint density at radius 2 is 2.07 bits per heavy atom. The highest BCUT2D eigenvalue weighted by Gasteiger charge is 2.24. The molecule has 0 amide bonds. The van der Waals surface area contributed by atoms with Gasteiger partial charge in [0.1, 0.15) is 23.5 Å². The molecule has 148 valence electrons. The summed E-state index contributed by atoms with van der Waals surface area (Å²) >= 11 is 0. The van der Waals surface area contributed by atoms with Crippen LogP contribution in [0.4, 0.5) is 5.82 Å². The first-order valence-electron chi connectivity index (χ1n) is 9.87. The van der Waals surface area contributed by atoms with Crippen molar-refractivity contribution in [2.75, 3.05) is 38.1 Å². The lowest BCUT2D eigenvalue weighted by Crippen LogP contribution is -2.39. The van der Waals surface area contributed by atoms with Crippen LogP contribution in [0.1, 0.15) is 49.7 Å². The number of hydrogen-bond acceptors (Lipinski definition) is 7. The molecule has 1 aliphatic heterocycles. The molecule has 27 heavy (non-hydrogen) atoms. The number of carbonyl (C=O) groups excluding carboxylic acids is 1. The molecule has 1 aliphatic rings. The zero-order valence-corrected chi connectivity index (χ0v) is 16.7. The van der Waals surface area contributed by atoms with Gasteiger partial charge in [-0.1, -0.05) is 13.8 Å². The first kappa shape index (κ1) is 19.6. The molecule has 2 unspecified atom stereocenters. The highest BCUT2D eigenvalue weighted by molar-refractivity contribution is 6.07. The van der Waals surface area contributed by atoms with Crippen LogP contribution in [0.15, 0.2) is 10.7 Å². The molecule has 3 heterocycles. The summed E-state index contributed by atoms with van der Waals surface area (Å²) < 4.78 is 10.8. The van der Waals surface area contributed by atoms with Gasteiger partial charge >= 0.3 is 5.97 Å². The Hall–Kier alpha value is -2.15. The number of fused-ring (bicyclic) bond motifs is 1. The maximum atomic E-state index is 12.3. The first-order chi connectivity index (χ1) is 13.0. The minimum absolute atomic E-state index is 0.314. The van der Waals surface area contributed by atoms with Crippen LogP contribution in [0.5, 0.6) is 0 Å². The Morgan fingerprint density at radius 3 is 2.78 bits per heavy atom.